The maximum atomic E-state index is 4.97. The standard InChI is InChI=1S/C25H22N2/c1-18-8-5-12-21(16-18)26-25(27-22-13-6-9-19(2)17-22)24-15-7-11-20-10-3-4-14-23(20)24/h3-17H,1-2H3,(H,26,27). The zero-order valence-electron chi connectivity index (χ0n) is 15.6. The lowest BCUT2D eigenvalue weighted by molar-refractivity contribution is 1.41. The Balaban J connectivity index is 1.87. The summed E-state index contributed by atoms with van der Waals surface area (Å²) in [5.74, 6) is 0.850. The van der Waals surface area contributed by atoms with Crippen LogP contribution in [0.1, 0.15) is 16.7 Å². The summed E-state index contributed by atoms with van der Waals surface area (Å²) in [5, 5.41) is 5.94. The van der Waals surface area contributed by atoms with Crippen LogP contribution < -0.4 is 5.32 Å². The summed E-state index contributed by atoms with van der Waals surface area (Å²) >= 11 is 0. The van der Waals surface area contributed by atoms with Gasteiger partial charge >= 0.3 is 0 Å². The molecule has 27 heavy (non-hydrogen) atoms. The van der Waals surface area contributed by atoms with E-state index in [0.29, 0.717) is 0 Å². The van der Waals surface area contributed by atoms with Gasteiger partial charge in [-0.05, 0) is 60.0 Å². The minimum absolute atomic E-state index is 0.850. The van der Waals surface area contributed by atoms with Crippen LogP contribution in [0.4, 0.5) is 11.4 Å². The molecule has 2 heteroatoms. The van der Waals surface area contributed by atoms with E-state index in [1.54, 1.807) is 0 Å². The van der Waals surface area contributed by atoms with E-state index in [4.69, 9.17) is 4.99 Å². The van der Waals surface area contributed by atoms with Crippen molar-refractivity contribution in [1.82, 2.24) is 0 Å². The summed E-state index contributed by atoms with van der Waals surface area (Å²) in [5.41, 5.74) is 5.49. The van der Waals surface area contributed by atoms with Crippen molar-refractivity contribution in [2.45, 2.75) is 13.8 Å². The Morgan fingerprint density at radius 3 is 2.22 bits per heavy atom. The molecule has 0 aliphatic carbocycles. The third-order valence-corrected chi connectivity index (χ3v) is 4.57. The lowest BCUT2D eigenvalue weighted by Crippen LogP contribution is -2.14. The Bertz CT molecular complexity index is 1120. The van der Waals surface area contributed by atoms with Crippen LogP contribution in [0.5, 0.6) is 0 Å². The summed E-state index contributed by atoms with van der Waals surface area (Å²) in [4.78, 5) is 4.97. The number of nitrogens with zero attached hydrogens (tertiary/aromatic N) is 1. The highest BCUT2D eigenvalue weighted by Crippen LogP contribution is 2.23. The fraction of sp³-hybridized carbons (Fsp3) is 0.0800. The molecular formula is C25H22N2. The second-order valence-electron chi connectivity index (χ2n) is 6.82. The van der Waals surface area contributed by atoms with Crippen LogP contribution in [0.15, 0.2) is 96.0 Å². The van der Waals surface area contributed by atoms with Gasteiger partial charge in [0.15, 0.2) is 0 Å². The number of rotatable bonds is 3. The van der Waals surface area contributed by atoms with Gasteiger partial charge in [-0.2, -0.15) is 0 Å². The monoisotopic (exact) mass is 350 g/mol. The summed E-state index contributed by atoms with van der Waals surface area (Å²) in [6.45, 7) is 4.19. The van der Waals surface area contributed by atoms with Crippen molar-refractivity contribution in [3.8, 4) is 0 Å². The van der Waals surface area contributed by atoms with Crippen molar-refractivity contribution in [3.63, 3.8) is 0 Å². The first kappa shape index (κ1) is 17.0. The van der Waals surface area contributed by atoms with Gasteiger partial charge in [0.1, 0.15) is 5.84 Å². The number of benzene rings is 4. The topological polar surface area (TPSA) is 24.4 Å². The number of amidine groups is 1. The van der Waals surface area contributed by atoms with E-state index in [2.05, 4.69) is 98.0 Å². The minimum Gasteiger partial charge on any atom is -0.340 e. The van der Waals surface area contributed by atoms with Gasteiger partial charge < -0.3 is 5.32 Å². The first-order valence-electron chi connectivity index (χ1n) is 9.16. The molecule has 0 radical (unpaired) electrons. The summed E-state index contributed by atoms with van der Waals surface area (Å²) in [6.07, 6.45) is 0. The van der Waals surface area contributed by atoms with Gasteiger partial charge in [-0.15, -0.1) is 0 Å². The van der Waals surface area contributed by atoms with Gasteiger partial charge in [0.2, 0.25) is 0 Å². The zero-order valence-corrected chi connectivity index (χ0v) is 15.6. The molecule has 0 spiro atoms. The van der Waals surface area contributed by atoms with Crippen molar-refractivity contribution in [1.29, 1.82) is 0 Å². The summed E-state index contributed by atoms with van der Waals surface area (Å²) < 4.78 is 0. The van der Waals surface area contributed by atoms with E-state index in [9.17, 15) is 0 Å². The first-order chi connectivity index (χ1) is 13.2. The second-order valence-corrected chi connectivity index (χ2v) is 6.82. The molecule has 0 amide bonds. The Morgan fingerprint density at radius 1 is 0.704 bits per heavy atom. The van der Waals surface area contributed by atoms with Crippen LogP contribution in [0.3, 0.4) is 0 Å². The highest BCUT2D eigenvalue weighted by atomic mass is 15.0. The number of nitrogens with one attached hydrogen (secondary N) is 1. The summed E-state index contributed by atoms with van der Waals surface area (Å²) in [6, 6.07) is 31.4. The van der Waals surface area contributed by atoms with E-state index in [-0.39, 0.29) is 0 Å². The molecule has 0 heterocycles. The number of aryl methyl sites for hydroxylation is 2. The number of fused-ring (bicyclic) bond motifs is 1. The molecule has 2 nitrogen and oxygen atoms in total. The maximum Gasteiger partial charge on any atom is 0.138 e. The van der Waals surface area contributed by atoms with Gasteiger partial charge in [-0.25, -0.2) is 4.99 Å². The normalized spacial score (nSPS) is 11.6. The third-order valence-electron chi connectivity index (χ3n) is 4.57. The number of aliphatic imine (C=N–C) groups is 1. The van der Waals surface area contributed by atoms with Gasteiger partial charge in [0.25, 0.3) is 0 Å². The van der Waals surface area contributed by atoms with E-state index in [0.717, 1.165) is 22.8 Å². The van der Waals surface area contributed by atoms with Gasteiger partial charge in [-0.1, -0.05) is 66.7 Å². The molecule has 4 aromatic carbocycles. The highest BCUT2D eigenvalue weighted by molar-refractivity contribution is 6.16. The average Bonchev–Trinajstić information content (AvgIpc) is 2.67. The quantitative estimate of drug-likeness (QED) is 0.325. The third kappa shape index (κ3) is 3.90. The maximum absolute atomic E-state index is 4.97. The molecule has 0 fully saturated rings. The number of hydrogen-bond donors (Lipinski definition) is 1. The average molecular weight is 350 g/mol. The van der Waals surface area contributed by atoms with E-state index in [1.807, 2.05) is 12.1 Å². The lowest BCUT2D eigenvalue weighted by Gasteiger charge is -2.14. The molecule has 0 atom stereocenters. The Labute approximate surface area is 160 Å². The van der Waals surface area contributed by atoms with E-state index in [1.165, 1.54) is 21.9 Å². The number of hydrogen-bond acceptors (Lipinski definition) is 1. The molecule has 132 valence electrons. The molecule has 4 aromatic rings. The van der Waals surface area contributed by atoms with Crippen molar-refractivity contribution < 1.29 is 0 Å². The largest absolute Gasteiger partial charge is 0.340 e. The summed E-state index contributed by atoms with van der Waals surface area (Å²) in [7, 11) is 0. The van der Waals surface area contributed by atoms with Crippen LogP contribution in [-0.4, -0.2) is 5.84 Å². The van der Waals surface area contributed by atoms with Crippen molar-refractivity contribution in [2.75, 3.05) is 5.32 Å². The van der Waals surface area contributed by atoms with E-state index < -0.39 is 0 Å². The molecule has 0 aromatic heterocycles. The SMILES string of the molecule is Cc1cccc(N=C(Nc2cccc(C)c2)c2cccc3ccccc23)c1. The van der Waals surface area contributed by atoms with Crippen molar-refractivity contribution in [2.24, 2.45) is 4.99 Å². The van der Waals surface area contributed by atoms with Crippen LogP contribution >= 0.6 is 0 Å². The Hall–Kier alpha value is -3.39. The molecule has 1 N–H and O–H groups in total. The zero-order chi connectivity index (χ0) is 18.6. The molecule has 0 aliphatic rings. The van der Waals surface area contributed by atoms with Crippen molar-refractivity contribution in [3.05, 3.63) is 108 Å². The highest BCUT2D eigenvalue weighted by Gasteiger charge is 2.09. The fourth-order valence-corrected chi connectivity index (χ4v) is 3.27. The smallest absolute Gasteiger partial charge is 0.138 e. The predicted octanol–water partition coefficient (Wildman–Crippen LogP) is 6.65. The fourth-order valence-electron chi connectivity index (χ4n) is 3.27. The van der Waals surface area contributed by atoms with Crippen LogP contribution in [-0.2, 0) is 0 Å². The second kappa shape index (κ2) is 7.46. The molecule has 0 unspecified atom stereocenters. The molecule has 0 bridgehead atoms. The number of anilines is 1. The first-order valence-corrected chi connectivity index (χ1v) is 9.16. The van der Waals surface area contributed by atoms with E-state index >= 15 is 0 Å². The lowest BCUT2D eigenvalue weighted by atomic mass is 10.0. The van der Waals surface area contributed by atoms with Crippen molar-refractivity contribution >= 4 is 28.0 Å². The molecule has 0 saturated carbocycles. The van der Waals surface area contributed by atoms with Crippen LogP contribution in [0.2, 0.25) is 0 Å². The van der Waals surface area contributed by atoms with Crippen LogP contribution in [0, 0.1) is 13.8 Å². The molecular weight excluding hydrogens is 328 g/mol. The Morgan fingerprint density at radius 2 is 1.41 bits per heavy atom. The Kier molecular flexibility index (Phi) is 4.71. The predicted molar refractivity (Wildman–Crippen MR) is 116 cm³/mol. The van der Waals surface area contributed by atoms with Gasteiger partial charge in [-0.3, -0.25) is 0 Å². The molecule has 0 saturated heterocycles. The molecule has 0 aliphatic heterocycles. The van der Waals surface area contributed by atoms with Gasteiger partial charge in [0.05, 0.1) is 5.69 Å². The minimum atomic E-state index is 0.850. The molecule has 4 rings (SSSR count). The van der Waals surface area contributed by atoms with Crippen LogP contribution in [0.25, 0.3) is 10.8 Å². The van der Waals surface area contributed by atoms with Gasteiger partial charge in [0, 0.05) is 11.3 Å².